The summed E-state index contributed by atoms with van der Waals surface area (Å²) in [6.45, 7) is 18.2. The van der Waals surface area contributed by atoms with Gasteiger partial charge in [0.1, 0.15) is 17.5 Å². The lowest BCUT2D eigenvalue weighted by Crippen LogP contribution is -2.29. The van der Waals surface area contributed by atoms with E-state index in [0.717, 1.165) is 49.1 Å². The molecule has 0 saturated carbocycles. The van der Waals surface area contributed by atoms with Crippen LogP contribution in [0.5, 0.6) is 0 Å². The third-order valence-corrected chi connectivity index (χ3v) is 3.46. The van der Waals surface area contributed by atoms with Crippen molar-refractivity contribution in [3.63, 3.8) is 0 Å². The Labute approximate surface area is 130 Å². The lowest BCUT2D eigenvalue weighted by atomic mass is 10.1. The van der Waals surface area contributed by atoms with Crippen LogP contribution in [0.2, 0.25) is 0 Å². The molecule has 0 atom stereocenters. The standard InChI is InChI=1S/C17H32N4/c1-8-10-18-16-14(7)17(20-15(19-16)13(5)6)21(9-2)11-12(3)4/h12-13H,8-11H2,1-7H3,(H,18,19,20). The van der Waals surface area contributed by atoms with E-state index in [1.165, 1.54) is 0 Å². The second-order valence-corrected chi connectivity index (χ2v) is 6.39. The molecule has 0 radical (unpaired) electrons. The number of nitrogens with one attached hydrogen (secondary N) is 1. The second kappa shape index (κ2) is 8.20. The van der Waals surface area contributed by atoms with Crippen molar-refractivity contribution in [3.05, 3.63) is 11.4 Å². The van der Waals surface area contributed by atoms with Gasteiger partial charge in [0.15, 0.2) is 0 Å². The number of rotatable bonds is 8. The van der Waals surface area contributed by atoms with Crippen LogP contribution < -0.4 is 10.2 Å². The molecular weight excluding hydrogens is 260 g/mol. The van der Waals surface area contributed by atoms with Crippen molar-refractivity contribution in [2.75, 3.05) is 29.9 Å². The molecule has 0 bridgehead atoms. The van der Waals surface area contributed by atoms with E-state index in [1.54, 1.807) is 0 Å². The number of nitrogens with zero attached hydrogens (tertiary/aromatic N) is 3. The van der Waals surface area contributed by atoms with Crippen molar-refractivity contribution >= 4 is 11.6 Å². The first-order chi connectivity index (χ1) is 9.90. The molecule has 1 aromatic rings. The van der Waals surface area contributed by atoms with Crippen molar-refractivity contribution in [2.24, 2.45) is 5.92 Å². The molecule has 4 heteroatoms. The molecule has 0 aromatic carbocycles. The van der Waals surface area contributed by atoms with Crippen LogP contribution in [0.3, 0.4) is 0 Å². The van der Waals surface area contributed by atoms with Crippen molar-refractivity contribution in [2.45, 2.75) is 60.8 Å². The van der Waals surface area contributed by atoms with Crippen LogP contribution in [0, 0.1) is 12.8 Å². The Bertz CT molecular complexity index is 441. The third kappa shape index (κ3) is 4.87. The van der Waals surface area contributed by atoms with Crippen molar-refractivity contribution < 1.29 is 0 Å². The summed E-state index contributed by atoms with van der Waals surface area (Å²) >= 11 is 0. The van der Waals surface area contributed by atoms with Gasteiger partial charge < -0.3 is 10.2 Å². The summed E-state index contributed by atoms with van der Waals surface area (Å²) in [7, 11) is 0. The molecule has 1 heterocycles. The molecule has 0 amide bonds. The van der Waals surface area contributed by atoms with Gasteiger partial charge in [-0.1, -0.05) is 34.6 Å². The van der Waals surface area contributed by atoms with E-state index >= 15 is 0 Å². The van der Waals surface area contributed by atoms with E-state index in [4.69, 9.17) is 9.97 Å². The van der Waals surface area contributed by atoms with E-state index in [-0.39, 0.29) is 0 Å². The highest BCUT2D eigenvalue weighted by Crippen LogP contribution is 2.26. The highest BCUT2D eigenvalue weighted by atomic mass is 15.2. The quantitative estimate of drug-likeness (QED) is 0.779. The van der Waals surface area contributed by atoms with Crippen LogP contribution in [0.4, 0.5) is 11.6 Å². The fourth-order valence-corrected chi connectivity index (χ4v) is 2.31. The summed E-state index contributed by atoms with van der Waals surface area (Å²) in [6.07, 6.45) is 1.10. The fraction of sp³-hybridized carbons (Fsp3) is 0.765. The van der Waals surface area contributed by atoms with Gasteiger partial charge in [0.2, 0.25) is 0 Å². The normalized spacial score (nSPS) is 11.3. The number of hydrogen-bond donors (Lipinski definition) is 1. The number of anilines is 2. The Morgan fingerprint density at radius 1 is 1.10 bits per heavy atom. The largest absolute Gasteiger partial charge is 0.370 e. The van der Waals surface area contributed by atoms with Gasteiger partial charge in [-0.25, -0.2) is 9.97 Å². The topological polar surface area (TPSA) is 41.1 Å². The van der Waals surface area contributed by atoms with E-state index in [1.807, 2.05) is 0 Å². The predicted octanol–water partition coefficient (Wildman–Crippen LogP) is 4.21. The summed E-state index contributed by atoms with van der Waals surface area (Å²) < 4.78 is 0. The summed E-state index contributed by atoms with van der Waals surface area (Å²) in [5.41, 5.74) is 1.16. The molecule has 1 rings (SSSR count). The Kier molecular flexibility index (Phi) is 6.93. The average Bonchev–Trinajstić information content (AvgIpc) is 2.43. The Balaban J connectivity index is 3.23. The minimum atomic E-state index is 0.337. The van der Waals surface area contributed by atoms with Gasteiger partial charge in [0.25, 0.3) is 0 Å². The maximum absolute atomic E-state index is 4.84. The molecule has 0 spiro atoms. The van der Waals surface area contributed by atoms with Gasteiger partial charge >= 0.3 is 0 Å². The van der Waals surface area contributed by atoms with Crippen LogP contribution in [-0.2, 0) is 0 Å². The SMILES string of the molecule is CCCNc1nc(C(C)C)nc(N(CC)CC(C)C)c1C. The van der Waals surface area contributed by atoms with Crippen molar-refractivity contribution in [1.29, 1.82) is 0 Å². The van der Waals surface area contributed by atoms with Gasteiger partial charge in [-0.2, -0.15) is 0 Å². The Morgan fingerprint density at radius 2 is 1.76 bits per heavy atom. The molecule has 21 heavy (non-hydrogen) atoms. The average molecular weight is 292 g/mol. The first-order valence-electron chi connectivity index (χ1n) is 8.27. The smallest absolute Gasteiger partial charge is 0.137 e. The molecule has 0 aliphatic carbocycles. The molecule has 1 aromatic heterocycles. The van der Waals surface area contributed by atoms with Gasteiger partial charge in [-0.3, -0.25) is 0 Å². The van der Waals surface area contributed by atoms with Crippen molar-refractivity contribution in [1.82, 2.24) is 9.97 Å². The first kappa shape index (κ1) is 17.7. The zero-order chi connectivity index (χ0) is 16.0. The predicted molar refractivity (Wildman–Crippen MR) is 92.4 cm³/mol. The Hall–Kier alpha value is -1.32. The van der Waals surface area contributed by atoms with E-state index in [2.05, 4.69) is 58.7 Å². The lowest BCUT2D eigenvalue weighted by Gasteiger charge is -2.27. The summed E-state index contributed by atoms with van der Waals surface area (Å²) in [5.74, 6) is 3.96. The molecule has 4 nitrogen and oxygen atoms in total. The molecule has 1 N–H and O–H groups in total. The summed E-state index contributed by atoms with van der Waals surface area (Å²) in [6, 6.07) is 0. The maximum Gasteiger partial charge on any atom is 0.137 e. The third-order valence-electron chi connectivity index (χ3n) is 3.46. The van der Waals surface area contributed by atoms with Gasteiger partial charge in [0, 0.05) is 31.1 Å². The van der Waals surface area contributed by atoms with Crippen LogP contribution in [0.25, 0.3) is 0 Å². The lowest BCUT2D eigenvalue weighted by molar-refractivity contribution is 0.610. The van der Waals surface area contributed by atoms with Gasteiger partial charge in [-0.05, 0) is 26.2 Å². The number of hydrogen-bond acceptors (Lipinski definition) is 4. The Morgan fingerprint density at radius 3 is 2.24 bits per heavy atom. The molecule has 0 saturated heterocycles. The fourth-order valence-electron chi connectivity index (χ4n) is 2.31. The number of aromatic nitrogens is 2. The van der Waals surface area contributed by atoms with Crippen LogP contribution in [0.1, 0.15) is 65.3 Å². The maximum atomic E-state index is 4.84. The molecule has 120 valence electrons. The molecule has 0 unspecified atom stereocenters. The minimum Gasteiger partial charge on any atom is -0.370 e. The van der Waals surface area contributed by atoms with Crippen LogP contribution in [-0.4, -0.2) is 29.6 Å². The molecular formula is C17H32N4. The highest BCUT2D eigenvalue weighted by Gasteiger charge is 2.17. The second-order valence-electron chi connectivity index (χ2n) is 6.39. The van der Waals surface area contributed by atoms with Crippen molar-refractivity contribution in [3.8, 4) is 0 Å². The monoisotopic (exact) mass is 292 g/mol. The first-order valence-corrected chi connectivity index (χ1v) is 8.27. The zero-order valence-corrected chi connectivity index (χ0v) is 14.8. The summed E-state index contributed by atoms with van der Waals surface area (Å²) in [4.78, 5) is 11.9. The van der Waals surface area contributed by atoms with Gasteiger partial charge in [-0.15, -0.1) is 0 Å². The zero-order valence-electron chi connectivity index (χ0n) is 14.8. The highest BCUT2D eigenvalue weighted by molar-refractivity contribution is 5.58. The van der Waals surface area contributed by atoms with E-state index < -0.39 is 0 Å². The van der Waals surface area contributed by atoms with Gasteiger partial charge in [0.05, 0.1) is 0 Å². The van der Waals surface area contributed by atoms with Crippen LogP contribution >= 0.6 is 0 Å². The summed E-state index contributed by atoms with van der Waals surface area (Å²) in [5, 5.41) is 3.45. The molecule has 0 aliphatic rings. The van der Waals surface area contributed by atoms with Crippen LogP contribution in [0.15, 0.2) is 0 Å². The molecule has 0 fully saturated rings. The van der Waals surface area contributed by atoms with E-state index in [9.17, 15) is 0 Å². The molecule has 0 aliphatic heterocycles. The minimum absolute atomic E-state index is 0.337. The van der Waals surface area contributed by atoms with E-state index in [0.29, 0.717) is 11.8 Å².